The lowest BCUT2D eigenvalue weighted by Crippen LogP contribution is -2.40. The summed E-state index contributed by atoms with van der Waals surface area (Å²) in [4.78, 5) is 22.6. The smallest absolute Gasteiger partial charge is 0.248 e. The van der Waals surface area contributed by atoms with Crippen LogP contribution in [0.1, 0.15) is 29.8 Å². The predicted octanol–water partition coefficient (Wildman–Crippen LogP) is 0.932. The van der Waals surface area contributed by atoms with E-state index < -0.39 is 5.91 Å². The van der Waals surface area contributed by atoms with Crippen LogP contribution in [0.5, 0.6) is 0 Å². The van der Waals surface area contributed by atoms with Gasteiger partial charge in [-0.2, -0.15) is 0 Å². The Balaban J connectivity index is 2.63. The number of carbonyl (C=O) groups is 2. The zero-order chi connectivity index (χ0) is 15.1. The van der Waals surface area contributed by atoms with Gasteiger partial charge in [-0.1, -0.05) is 26.0 Å². The lowest BCUT2D eigenvalue weighted by molar-refractivity contribution is -0.117. The van der Waals surface area contributed by atoms with Crippen LogP contribution >= 0.6 is 0 Å². The molecule has 0 aliphatic rings. The van der Waals surface area contributed by atoms with Crippen molar-refractivity contribution in [2.75, 3.05) is 6.61 Å². The average molecular weight is 276 g/mol. The van der Waals surface area contributed by atoms with Gasteiger partial charge < -0.3 is 16.2 Å². The highest BCUT2D eigenvalue weighted by Crippen LogP contribution is 2.06. The number of aliphatic hydroxyl groups excluding tert-OH is 1. The molecule has 0 spiro atoms. The van der Waals surface area contributed by atoms with Gasteiger partial charge in [0.2, 0.25) is 11.8 Å². The molecule has 1 aromatic rings. The summed E-state index contributed by atoms with van der Waals surface area (Å²) < 4.78 is 0. The highest BCUT2D eigenvalue weighted by molar-refractivity contribution is 5.94. The lowest BCUT2D eigenvalue weighted by Gasteiger charge is -2.18. The van der Waals surface area contributed by atoms with Gasteiger partial charge in [0.25, 0.3) is 0 Å². The molecule has 0 aliphatic heterocycles. The van der Waals surface area contributed by atoms with Gasteiger partial charge in [0.15, 0.2) is 0 Å². The predicted molar refractivity (Wildman–Crippen MR) is 77.8 cm³/mol. The molecule has 5 nitrogen and oxygen atoms in total. The summed E-state index contributed by atoms with van der Waals surface area (Å²) in [5.74, 6) is -0.593. The van der Waals surface area contributed by atoms with Crippen molar-refractivity contribution in [1.82, 2.24) is 5.32 Å². The molecule has 0 saturated carbocycles. The second kappa shape index (κ2) is 7.45. The molecule has 2 amide bonds. The maximum absolute atomic E-state index is 11.7. The normalized spacial score (nSPS) is 12.6. The van der Waals surface area contributed by atoms with E-state index in [-0.39, 0.29) is 24.5 Å². The van der Waals surface area contributed by atoms with E-state index in [0.717, 1.165) is 5.56 Å². The van der Waals surface area contributed by atoms with Crippen molar-refractivity contribution < 1.29 is 14.7 Å². The fraction of sp³-hybridized carbons (Fsp3) is 0.333. The first-order valence-corrected chi connectivity index (χ1v) is 6.43. The Morgan fingerprint density at radius 2 is 1.90 bits per heavy atom. The maximum Gasteiger partial charge on any atom is 0.248 e. The zero-order valence-electron chi connectivity index (χ0n) is 11.7. The van der Waals surface area contributed by atoms with E-state index in [0.29, 0.717) is 5.56 Å². The van der Waals surface area contributed by atoms with Crippen LogP contribution in [0.4, 0.5) is 0 Å². The number of primary amides is 1. The van der Waals surface area contributed by atoms with Crippen LogP contribution in [0.15, 0.2) is 30.3 Å². The van der Waals surface area contributed by atoms with E-state index >= 15 is 0 Å². The van der Waals surface area contributed by atoms with E-state index in [1.807, 2.05) is 13.8 Å². The van der Waals surface area contributed by atoms with Crippen LogP contribution < -0.4 is 11.1 Å². The zero-order valence-corrected chi connectivity index (χ0v) is 11.7. The fourth-order valence-electron chi connectivity index (χ4n) is 1.58. The highest BCUT2D eigenvalue weighted by atomic mass is 16.3. The first kappa shape index (κ1) is 15.9. The van der Waals surface area contributed by atoms with Gasteiger partial charge >= 0.3 is 0 Å². The van der Waals surface area contributed by atoms with Crippen molar-refractivity contribution in [3.63, 3.8) is 0 Å². The number of amides is 2. The second-order valence-electron chi connectivity index (χ2n) is 4.86. The van der Waals surface area contributed by atoms with Gasteiger partial charge in [0.1, 0.15) is 0 Å². The molecule has 0 bridgehead atoms. The average Bonchev–Trinajstić information content (AvgIpc) is 2.42. The second-order valence-corrected chi connectivity index (χ2v) is 4.86. The number of nitrogens with two attached hydrogens (primary N) is 1. The van der Waals surface area contributed by atoms with Gasteiger partial charge in [0.05, 0.1) is 12.6 Å². The summed E-state index contributed by atoms with van der Waals surface area (Å²) in [5, 5.41) is 11.8. The van der Waals surface area contributed by atoms with Gasteiger partial charge in [-0.3, -0.25) is 9.59 Å². The molecule has 1 rings (SSSR count). The topological polar surface area (TPSA) is 92.4 Å². The Kier molecular flexibility index (Phi) is 5.93. The Morgan fingerprint density at radius 3 is 2.35 bits per heavy atom. The molecule has 5 heteroatoms. The van der Waals surface area contributed by atoms with E-state index in [4.69, 9.17) is 10.8 Å². The van der Waals surface area contributed by atoms with Crippen molar-refractivity contribution in [3.05, 3.63) is 41.5 Å². The monoisotopic (exact) mass is 276 g/mol. The lowest BCUT2D eigenvalue weighted by atomic mass is 10.1. The maximum atomic E-state index is 11.7. The Labute approximate surface area is 118 Å². The van der Waals surface area contributed by atoms with Crippen LogP contribution in [0.3, 0.4) is 0 Å². The van der Waals surface area contributed by atoms with Gasteiger partial charge in [-0.25, -0.2) is 0 Å². The summed E-state index contributed by atoms with van der Waals surface area (Å²) in [6.45, 7) is 3.76. The molecule has 0 heterocycles. The van der Waals surface area contributed by atoms with Crippen molar-refractivity contribution in [2.45, 2.75) is 19.9 Å². The first-order valence-electron chi connectivity index (χ1n) is 6.43. The number of hydrogen-bond donors (Lipinski definition) is 3. The van der Waals surface area contributed by atoms with Crippen LogP contribution in [0, 0.1) is 5.92 Å². The Bertz CT molecular complexity index is 492. The van der Waals surface area contributed by atoms with E-state index in [9.17, 15) is 9.59 Å². The van der Waals surface area contributed by atoms with Crippen molar-refractivity contribution in [3.8, 4) is 0 Å². The molecule has 0 aromatic heterocycles. The van der Waals surface area contributed by atoms with Gasteiger partial charge in [-0.05, 0) is 29.7 Å². The minimum Gasteiger partial charge on any atom is -0.394 e. The molecule has 1 aromatic carbocycles. The van der Waals surface area contributed by atoms with Crippen LogP contribution in [0.25, 0.3) is 6.08 Å². The SMILES string of the molecule is CC(C)[C@@H](CO)NC(=O)C=Cc1ccc(C(N)=O)cc1. The largest absolute Gasteiger partial charge is 0.394 e. The van der Waals surface area contributed by atoms with Gasteiger partial charge in [0, 0.05) is 11.6 Å². The molecule has 20 heavy (non-hydrogen) atoms. The summed E-state index contributed by atoms with van der Waals surface area (Å²) in [6.07, 6.45) is 3.03. The molecule has 0 fully saturated rings. The molecular formula is C15H20N2O3. The first-order chi connectivity index (χ1) is 9.43. The number of nitrogens with one attached hydrogen (secondary N) is 1. The third-order valence-electron chi connectivity index (χ3n) is 2.95. The molecule has 0 unspecified atom stereocenters. The minimum atomic E-state index is -0.485. The van der Waals surface area contributed by atoms with Crippen molar-refractivity contribution >= 4 is 17.9 Å². The van der Waals surface area contributed by atoms with Crippen molar-refractivity contribution in [2.24, 2.45) is 11.7 Å². The molecule has 4 N–H and O–H groups in total. The van der Waals surface area contributed by atoms with Gasteiger partial charge in [-0.15, -0.1) is 0 Å². The van der Waals surface area contributed by atoms with Crippen LogP contribution in [-0.4, -0.2) is 29.6 Å². The number of benzene rings is 1. The van der Waals surface area contributed by atoms with E-state index in [2.05, 4.69) is 5.32 Å². The number of aliphatic hydroxyl groups is 1. The minimum absolute atomic E-state index is 0.0927. The molecule has 0 aliphatic carbocycles. The van der Waals surface area contributed by atoms with E-state index in [1.165, 1.54) is 6.08 Å². The molecule has 108 valence electrons. The molecule has 1 atom stereocenters. The van der Waals surface area contributed by atoms with Crippen LogP contribution in [-0.2, 0) is 4.79 Å². The number of carbonyl (C=O) groups excluding carboxylic acids is 2. The number of hydrogen-bond acceptors (Lipinski definition) is 3. The molecule has 0 saturated heterocycles. The van der Waals surface area contributed by atoms with Crippen LogP contribution in [0.2, 0.25) is 0 Å². The Morgan fingerprint density at radius 1 is 1.30 bits per heavy atom. The highest BCUT2D eigenvalue weighted by Gasteiger charge is 2.13. The molecule has 0 radical (unpaired) electrons. The van der Waals surface area contributed by atoms with E-state index in [1.54, 1.807) is 30.3 Å². The summed E-state index contributed by atoms with van der Waals surface area (Å²) in [6, 6.07) is 6.35. The summed E-state index contributed by atoms with van der Waals surface area (Å²) in [7, 11) is 0. The fourth-order valence-corrected chi connectivity index (χ4v) is 1.58. The summed E-state index contributed by atoms with van der Waals surface area (Å²) >= 11 is 0. The third-order valence-corrected chi connectivity index (χ3v) is 2.95. The Hall–Kier alpha value is -2.14. The molecular weight excluding hydrogens is 256 g/mol. The number of rotatable bonds is 6. The summed E-state index contributed by atoms with van der Waals surface area (Å²) in [5.41, 5.74) is 6.35. The van der Waals surface area contributed by atoms with Crippen molar-refractivity contribution in [1.29, 1.82) is 0 Å². The third kappa shape index (κ3) is 4.85. The quantitative estimate of drug-likeness (QED) is 0.675. The standard InChI is InChI=1S/C15H20N2O3/c1-10(2)13(9-18)17-14(19)8-5-11-3-6-12(7-4-11)15(16)20/h3-8,10,13,18H,9H2,1-2H3,(H2,16,20)(H,17,19)/t13-/m1/s1.